The highest BCUT2D eigenvalue weighted by molar-refractivity contribution is 5.65. The molecule has 0 saturated heterocycles. The minimum Gasteiger partial charge on any atom is -0.394 e. The van der Waals surface area contributed by atoms with E-state index in [1.165, 1.54) is 6.42 Å². The minimum absolute atomic E-state index is 0.555. The summed E-state index contributed by atoms with van der Waals surface area (Å²) < 4.78 is 1.76. The first-order chi connectivity index (χ1) is 8.56. The van der Waals surface area contributed by atoms with Gasteiger partial charge in [-0.15, -0.1) is 0 Å². The number of hydrogen-bond acceptors (Lipinski definition) is 4. The van der Waals surface area contributed by atoms with Gasteiger partial charge in [-0.1, -0.05) is 26.2 Å². The molecular formula is C13H24N4O. The first kappa shape index (κ1) is 13.2. The van der Waals surface area contributed by atoms with Crippen molar-refractivity contribution in [2.75, 3.05) is 17.6 Å². The molecule has 0 bridgehead atoms. The van der Waals surface area contributed by atoms with Crippen LogP contribution in [0.15, 0.2) is 0 Å². The molecule has 0 unspecified atom stereocenters. The van der Waals surface area contributed by atoms with Gasteiger partial charge in [-0.3, -0.25) is 4.68 Å². The lowest BCUT2D eigenvalue weighted by Crippen LogP contribution is -2.39. The normalized spacial score (nSPS) is 18.8. The van der Waals surface area contributed by atoms with Crippen molar-refractivity contribution >= 4 is 11.5 Å². The lowest BCUT2D eigenvalue weighted by atomic mass is 9.85. The van der Waals surface area contributed by atoms with Crippen LogP contribution in [-0.2, 0) is 13.5 Å². The molecule has 1 heterocycles. The monoisotopic (exact) mass is 252 g/mol. The number of nitrogens with two attached hydrogens (primary N) is 1. The number of nitrogens with one attached hydrogen (secondary N) is 1. The van der Waals surface area contributed by atoms with Crippen LogP contribution in [0.25, 0.3) is 0 Å². The highest BCUT2D eigenvalue weighted by atomic mass is 16.3. The Hall–Kier alpha value is -1.23. The van der Waals surface area contributed by atoms with Crippen LogP contribution in [0.2, 0.25) is 0 Å². The van der Waals surface area contributed by atoms with Gasteiger partial charge in [0.05, 0.1) is 17.0 Å². The zero-order chi connectivity index (χ0) is 13.2. The van der Waals surface area contributed by atoms with Crippen LogP contribution < -0.4 is 11.1 Å². The van der Waals surface area contributed by atoms with Gasteiger partial charge in [-0.2, -0.15) is 5.10 Å². The molecule has 1 aromatic heterocycles. The Morgan fingerprint density at radius 1 is 1.39 bits per heavy atom. The van der Waals surface area contributed by atoms with Gasteiger partial charge in [0, 0.05) is 13.6 Å². The second kappa shape index (κ2) is 5.18. The highest BCUT2D eigenvalue weighted by Gasteiger charge is 2.29. The molecule has 4 N–H and O–H groups in total. The Balaban J connectivity index is 2.03. The van der Waals surface area contributed by atoms with Crippen molar-refractivity contribution in [1.82, 2.24) is 9.78 Å². The third kappa shape index (κ3) is 2.61. The molecule has 1 aliphatic rings. The average molecular weight is 252 g/mol. The van der Waals surface area contributed by atoms with E-state index in [0.717, 1.165) is 43.6 Å². The van der Waals surface area contributed by atoms with Crippen molar-refractivity contribution in [3.05, 3.63) is 5.69 Å². The molecule has 0 aliphatic heterocycles. The third-order valence-corrected chi connectivity index (χ3v) is 3.86. The molecule has 18 heavy (non-hydrogen) atoms. The summed E-state index contributed by atoms with van der Waals surface area (Å²) in [5.41, 5.74) is 7.08. The van der Waals surface area contributed by atoms with E-state index in [1.807, 2.05) is 14.0 Å². The van der Waals surface area contributed by atoms with Gasteiger partial charge in [-0.05, 0) is 19.3 Å². The molecular weight excluding hydrogens is 228 g/mol. The van der Waals surface area contributed by atoms with Gasteiger partial charge in [-0.25, -0.2) is 0 Å². The highest BCUT2D eigenvalue weighted by Crippen LogP contribution is 2.29. The molecule has 5 heteroatoms. The van der Waals surface area contributed by atoms with Gasteiger partial charge >= 0.3 is 0 Å². The topological polar surface area (TPSA) is 76.1 Å². The molecule has 1 aromatic rings. The maximum Gasteiger partial charge on any atom is 0.147 e. The van der Waals surface area contributed by atoms with Gasteiger partial charge in [0.1, 0.15) is 5.82 Å². The van der Waals surface area contributed by atoms with E-state index in [9.17, 15) is 5.11 Å². The fourth-order valence-electron chi connectivity index (χ4n) is 2.70. The molecule has 0 radical (unpaired) electrons. The van der Waals surface area contributed by atoms with Crippen molar-refractivity contribution in [2.45, 2.75) is 51.0 Å². The van der Waals surface area contributed by atoms with Gasteiger partial charge in [0.15, 0.2) is 0 Å². The summed E-state index contributed by atoms with van der Waals surface area (Å²) in [5.74, 6) is 0.825. The third-order valence-electron chi connectivity index (χ3n) is 3.86. The number of rotatable bonds is 4. The first-order valence-corrected chi connectivity index (χ1v) is 6.83. The van der Waals surface area contributed by atoms with E-state index in [-0.39, 0.29) is 0 Å². The lowest BCUT2D eigenvalue weighted by molar-refractivity contribution is 0.0166. The maximum atomic E-state index is 10.4. The quantitative estimate of drug-likeness (QED) is 0.762. The molecule has 0 aromatic carbocycles. The predicted octanol–water partition coefficient (Wildman–Crippen LogP) is 1.67. The number of hydrogen-bond donors (Lipinski definition) is 3. The van der Waals surface area contributed by atoms with E-state index in [1.54, 1.807) is 4.68 Å². The fraction of sp³-hybridized carbons (Fsp3) is 0.769. The van der Waals surface area contributed by atoms with Crippen molar-refractivity contribution < 1.29 is 5.11 Å². The van der Waals surface area contributed by atoms with Crippen molar-refractivity contribution in [3.8, 4) is 0 Å². The predicted molar refractivity (Wildman–Crippen MR) is 73.5 cm³/mol. The first-order valence-electron chi connectivity index (χ1n) is 6.83. The van der Waals surface area contributed by atoms with Crippen LogP contribution in [-0.4, -0.2) is 27.0 Å². The molecule has 0 spiro atoms. The largest absolute Gasteiger partial charge is 0.394 e. The molecule has 1 aliphatic carbocycles. The Kier molecular flexibility index (Phi) is 3.80. The molecule has 5 nitrogen and oxygen atoms in total. The van der Waals surface area contributed by atoms with E-state index in [2.05, 4.69) is 10.4 Å². The Bertz CT molecular complexity index is 407. The summed E-state index contributed by atoms with van der Waals surface area (Å²) in [6.45, 7) is 2.59. The van der Waals surface area contributed by atoms with Crippen LogP contribution in [0.3, 0.4) is 0 Å². The second-order valence-electron chi connectivity index (χ2n) is 5.32. The Labute approximate surface area is 108 Å². The van der Waals surface area contributed by atoms with Crippen LogP contribution >= 0.6 is 0 Å². The zero-order valence-corrected chi connectivity index (χ0v) is 11.4. The molecule has 0 amide bonds. The average Bonchev–Trinajstić information content (AvgIpc) is 2.63. The van der Waals surface area contributed by atoms with Crippen LogP contribution in [0.4, 0.5) is 11.5 Å². The Morgan fingerprint density at radius 2 is 2.06 bits per heavy atom. The van der Waals surface area contributed by atoms with E-state index in [4.69, 9.17) is 5.73 Å². The number of anilines is 2. The number of aliphatic hydroxyl groups is 1. The van der Waals surface area contributed by atoms with Gasteiger partial charge in [0.2, 0.25) is 0 Å². The van der Waals surface area contributed by atoms with E-state index >= 15 is 0 Å². The van der Waals surface area contributed by atoms with Gasteiger partial charge in [0.25, 0.3) is 0 Å². The van der Waals surface area contributed by atoms with Crippen molar-refractivity contribution in [2.24, 2.45) is 7.05 Å². The number of nitrogen functional groups attached to an aromatic ring is 1. The van der Waals surface area contributed by atoms with Crippen molar-refractivity contribution in [1.29, 1.82) is 0 Å². The van der Waals surface area contributed by atoms with Crippen LogP contribution in [0.1, 0.15) is 44.7 Å². The fourth-order valence-corrected chi connectivity index (χ4v) is 2.70. The molecule has 2 rings (SSSR count). The van der Waals surface area contributed by atoms with E-state index in [0.29, 0.717) is 12.2 Å². The van der Waals surface area contributed by atoms with Gasteiger partial charge < -0.3 is 16.2 Å². The van der Waals surface area contributed by atoms with Crippen molar-refractivity contribution in [3.63, 3.8) is 0 Å². The lowest BCUT2D eigenvalue weighted by Gasteiger charge is -2.32. The Morgan fingerprint density at radius 3 is 2.61 bits per heavy atom. The summed E-state index contributed by atoms with van der Waals surface area (Å²) >= 11 is 0. The number of aromatic nitrogens is 2. The standard InChI is InChI=1S/C13H24N4O/c1-3-10-11(14)12(17(2)16-10)15-9-13(18)7-5-4-6-8-13/h15,18H,3-9,14H2,1-2H3. The summed E-state index contributed by atoms with van der Waals surface area (Å²) in [6.07, 6.45) is 6.02. The maximum absolute atomic E-state index is 10.4. The summed E-state index contributed by atoms with van der Waals surface area (Å²) in [5, 5.41) is 18.1. The molecule has 0 atom stereocenters. The molecule has 1 saturated carbocycles. The van der Waals surface area contributed by atoms with Crippen LogP contribution in [0.5, 0.6) is 0 Å². The summed E-state index contributed by atoms with van der Waals surface area (Å²) in [4.78, 5) is 0. The summed E-state index contributed by atoms with van der Waals surface area (Å²) in [6, 6.07) is 0. The smallest absolute Gasteiger partial charge is 0.147 e. The van der Waals surface area contributed by atoms with Crippen LogP contribution in [0, 0.1) is 0 Å². The number of nitrogens with zero attached hydrogens (tertiary/aromatic N) is 2. The molecule has 1 fully saturated rings. The minimum atomic E-state index is -0.582. The SMILES string of the molecule is CCc1nn(C)c(NCC2(O)CCCCC2)c1N. The number of aryl methyl sites for hydroxylation is 2. The van der Waals surface area contributed by atoms with E-state index < -0.39 is 5.60 Å². The summed E-state index contributed by atoms with van der Waals surface area (Å²) in [7, 11) is 1.88. The second-order valence-corrected chi connectivity index (χ2v) is 5.32. The zero-order valence-electron chi connectivity index (χ0n) is 11.4. The molecule has 102 valence electrons.